The van der Waals surface area contributed by atoms with E-state index in [4.69, 9.17) is 4.74 Å². The van der Waals surface area contributed by atoms with Gasteiger partial charge in [0.05, 0.1) is 6.61 Å². The van der Waals surface area contributed by atoms with Gasteiger partial charge in [-0.25, -0.2) is 0 Å². The van der Waals surface area contributed by atoms with E-state index < -0.39 is 5.41 Å². The lowest BCUT2D eigenvalue weighted by Gasteiger charge is -2.32. The maximum Gasteiger partial charge on any atom is 0.319 e. The highest BCUT2D eigenvalue weighted by Gasteiger charge is 2.45. The molecule has 0 saturated heterocycles. The molecular formula is C12H16N4O2S. The number of hydrogen-bond acceptors (Lipinski definition) is 6. The number of carbonyl (C=O) groups excluding carboxylic acids is 1. The molecule has 102 valence electrons. The van der Waals surface area contributed by atoms with Crippen LogP contribution < -0.4 is 0 Å². The zero-order valence-electron chi connectivity index (χ0n) is 10.8. The quantitative estimate of drug-likeness (QED) is 0.804. The zero-order chi connectivity index (χ0) is 13.3. The molecule has 1 aliphatic carbocycles. The van der Waals surface area contributed by atoms with Crippen molar-refractivity contribution in [2.75, 3.05) is 6.61 Å². The van der Waals surface area contributed by atoms with Crippen LogP contribution in [-0.4, -0.2) is 32.4 Å². The lowest BCUT2D eigenvalue weighted by molar-refractivity contribution is -0.151. The largest absolute Gasteiger partial charge is 0.465 e. The van der Waals surface area contributed by atoms with E-state index in [1.807, 2.05) is 6.92 Å². The van der Waals surface area contributed by atoms with E-state index in [2.05, 4.69) is 15.3 Å². The molecule has 2 aromatic rings. The molecule has 3 rings (SSSR count). The molecule has 6 nitrogen and oxygen atoms in total. The predicted octanol–water partition coefficient (Wildman–Crippen LogP) is 1.95. The highest BCUT2D eigenvalue weighted by molar-refractivity contribution is 7.16. The second-order valence-corrected chi connectivity index (χ2v) is 5.78. The molecule has 0 radical (unpaired) electrons. The molecule has 0 spiro atoms. The van der Waals surface area contributed by atoms with Crippen LogP contribution in [0.4, 0.5) is 0 Å². The van der Waals surface area contributed by atoms with Crippen molar-refractivity contribution in [3.8, 4) is 0 Å². The monoisotopic (exact) mass is 280 g/mol. The maximum atomic E-state index is 12.4. The minimum atomic E-state index is -0.570. The highest BCUT2D eigenvalue weighted by atomic mass is 32.1. The third-order valence-electron chi connectivity index (χ3n) is 3.67. The molecule has 0 amide bonds. The van der Waals surface area contributed by atoms with Gasteiger partial charge in [0.25, 0.3) is 0 Å². The smallest absolute Gasteiger partial charge is 0.319 e. The molecule has 2 aromatic heterocycles. The average molecular weight is 280 g/mol. The summed E-state index contributed by atoms with van der Waals surface area (Å²) in [6.07, 6.45) is 6.45. The Labute approximate surface area is 114 Å². The van der Waals surface area contributed by atoms with Crippen LogP contribution in [0.2, 0.25) is 0 Å². The fourth-order valence-electron chi connectivity index (χ4n) is 2.68. The van der Waals surface area contributed by atoms with E-state index >= 15 is 0 Å². The molecule has 1 saturated carbocycles. The lowest BCUT2D eigenvalue weighted by atomic mass is 9.74. The summed E-state index contributed by atoms with van der Waals surface area (Å²) in [5.74, 6) is -0.139. The Bertz CT molecular complexity index is 557. The van der Waals surface area contributed by atoms with Crippen molar-refractivity contribution >= 4 is 22.3 Å². The van der Waals surface area contributed by atoms with Crippen LogP contribution in [0.1, 0.15) is 44.0 Å². The van der Waals surface area contributed by atoms with Crippen LogP contribution in [0.5, 0.6) is 0 Å². The van der Waals surface area contributed by atoms with Crippen LogP contribution in [0, 0.1) is 0 Å². The molecule has 19 heavy (non-hydrogen) atoms. The van der Waals surface area contributed by atoms with Gasteiger partial charge in [0, 0.05) is 0 Å². The molecule has 0 atom stereocenters. The fraction of sp³-hybridized carbons (Fsp3) is 0.667. The van der Waals surface area contributed by atoms with Crippen molar-refractivity contribution in [1.82, 2.24) is 19.8 Å². The zero-order valence-corrected chi connectivity index (χ0v) is 11.7. The average Bonchev–Trinajstić information content (AvgIpc) is 3.00. The Morgan fingerprint density at radius 2 is 2.26 bits per heavy atom. The van der Waals surface area contributed by atoms with Crippen molar-refractivity contribution < 1.29 is 9.53 Å². The molecule has 0 aliphatic heterocycles. The van der Waals surface area contributed by atoms with Crippen LogP contribution in [0.25, 0.3) is 4.96 Å². The Morgan fingerprint density at radius 1 is 1.47 bits per heavy atom. The lowest BCUT2D eigenvalue weighted by Crippen LogP contribution is -2.39. The van der Waals surface area contributed by atoms with Crippen LogP contribution in [0.15, 0.2) is 6.33 Å². The van der Waals surface area contributed by atoms with Crippen molar-refractivity contribution in [2.45, 2.75) is 44.4 Å². The molecular weight excluding hydrogens is 264 g/mol. The summed E-state index contributed by atoms with van der Waals surface area (Å²) in [4.78, 5) is 13.1. The molecule has 0 unspecified atom stereocenters. The van der Waals surface area contributed by atoms with E-state index in [1.54, 1.807) is 10.8 Å². The Morgan fingerprint density at radius 3 is 2.95 bits per heavy atom. The van der Waals surface area contributed by atoms with Crippen LogP contribution >= 0.6 is 11.3 Å². The van der Waals surface area contributed by atoms with Crippen molar-refractivity contribution in [2.24, 2.45) is 0 Å². The maximum absolute atomic E-state index is 12.4. The van der Waals surface area contributed by atoms with Gasteiger partial charge in [0.2, 0.25) is 4.96 Å². The Kier molecular flexibility index (Phi) is 3.22. The summed E-state index contributed by atoms with van der Waals surface area (Å²) in [5.41, 5.74) is -0.570. The van der Waals surface area contributed by atoms with Gasteiger partial charge in [-0.3, -0.25) is 4.79 Å². The second-order valence-electron chi connectivity index (χ2n) is 4.83. The fourth-order valence-corrected chi connectivity index (χ4v) is 3.74. The summed E-state index contributed by atoms with van der Waals surface area (Å²) in [6.45, 7) is 2.25. The minimum absolute atomic E-state index is 0.139. The number of esters is 1. The van der Waals surface area contributed by atoms with Gasteiger partial charge < -0.3 is 4.74 Å². The standard InChI is InChI=1S/C12H16N4O2S/c1-2-18-10(17)12(6-4-3-5-7-12)9-15-16-8-13-14-11(16)19-9/h8H,2-7H2,1H3. The number of carbonyl (C=O) groups is 1. The van der Waals surface area contributed by atoms with E-state index in [9.17, 15) is 4.79 Å². The first-order valence-electron chi connectivity index (χ1n) is 6.61. The second kappa shape index (κ2) is 4.88. The van der Waals surface area contributed by atoms with Crippen molar-refractivity contribution in [1.29, 1.82) is 0 Å². The first-order chi connectivity index (χ1) is 9.26. The molecule has 0 bridgehead atoms. The van der Waals surface area contributed by atoms with Crippen molar-refractivity contribution in [3.05, 3.63) is 11.3 Å². The van der Waals surface area contributed by atoms with E-state index in [0.717, 1.165) is 35.7 Å². The number of ether oxygens (including phenoxy) is 1. The van der Waals surface area contributed by atoms with E-state index in [-0.39, 0.29) is 5.97 Å². The topological polar surface area (TPSA) is 69.4 Å². The minimum Gasteiger partial charge on any atom is -0.465 e. The van der Waals surface area contributed by atoms with E-state index in [0.29, 0.717) is 6.61 Å². The molecule has 0 aromatic carbocycles. The van der Waals surface area contributed by atoms with Gasteiger partial charge in [-0.05, 0) is 19.8 Å². The highest BCUT2D eigenvalue weighted by Crippen LogP contribution is 2.42. The summed E-state index contributed by atoms with van der Waals surface area (Å²) in [7, 11) is 0. The first-order valence-corrected chi connectivity index (χ1v) is 7.42. The number of nitrogens with zero attached hydrogens (tertiary/aromatic N) is 4. The van der Waals surface area contributed by atoms with Gasteiger partial charge in [-0.15, -0.1) is 10.2 Å². The molecule has 1 fully saturated rings. The number of rotatable bonds is 3. The summed E-state index contributed by atoms with van der Waals surface area (Å²) in [6, 6.07) is 0. The Hall–Kier alpha value is -1.50. The van der Waals surface area contributed by atoms with Gasteiger partial charge in [0.1, 0.15) is 16.7 Å². The van der Waals surface area contributed by atoms with Gasteiger partial charge in [-0.1, -0.05) is 30.6 Å². The summed E-state index contributed by atoms with van der Waals surface area (Å²) in [5, 5.41) is 13.1. The van der Waals surface area contributed by atoms with Gasteiger partial charge in [-0.2, -0.15) is 9.61 Å². The number of aromatic nitrogens is 4. The normalized spacial score (nSPS) is 18.6. The first kappa shape index (κ1) is 12.5. The van der Waals surface area contributed by atoms with Gasteiger partial charge in [0.15, 0.2) is 0 Å². The van der Waals surface area contributed by atoms with E-state index in [1.165, 1.54) is 17.8 Å². The summed E-state index contributed by atoms with van der Waals surface area (Å²) < 4.78 is 6.93. The molecule has 7 heteroatoms. The number of hydrogen-bond donors (Lipinski definition) is 0. The molecule has 1 aliphatic rings. The van der Waals surface area contributed by atoms with Crippen molar-refractivity contribution in [3.63, 3.8) is 0 Å². The SMILES string of the molecule is CCOC(=O)C1(c2nn3cnnc3s2)CCCCC1. The van der Waals surface area contributed by atoms with Crippen LogP contribution in [0.3, 0.4) is 0 Å². The van der Waals surface area contributed by atoms with Crippen LogP contribution in [-0.2, 0) is 14.9 Å². The predicted molar refractivity (Wildman–Crippen MR) is 70.1 cm³/mol. The third-order valence-corrected chi connectivity index (χ3v) is 4.79. The third kappa shape index (κ3) is 2.01. The molecule has 0 N–H and O–H groups in total. The number of fused-ring (bicyclic) bond motifs is 1. The molecule has 2 heterocycles. The summed E-state index contributed by atoms with van der Waals surface area (Å²) >= 11 is 1.44. The Balaban J connectivity index is 2.02. The van der Waals surface area contributed by atoms with Gasteiger partial charge >= 0.3 is 5.97 Å².